The van der Waals surface area contributed by atoms with Crippen molar-refractivity contribution in [3.8, 4) is 0 Å². The third kappa shape index (κ3) is 5.48. The first-order chi connectivity index (χ1) is 8.99. The molecule has 1 aromatic heterocycles. The summed E-state index contributed by atoms with van der Waals surface area (Å²) in [5.41, 5.74) is 0. The predicted octanol–water partition coefficient (Wildman–Crippen LogP) is -1.49. The van der Waals surface area contributed by atoms with E-state index >= 15 is 0 Å². The minimum Gasteiger partial charge on any atom is -0.481 e. The monoisotopic (exact) mass is 271 g/mol. The van der Waals surface area contributed by atoms with Crippen LogP contribution in [0.5, 0.6) is 0 Å². The van der Waals surface area contributed by atoms with E-state index in [1.54, 1.807) is 6.20 Å². The molecule has 0 aliphatic rings. The van der Waals surface area contributed by atoms with Crippen molar-refractivity contribution in [1.82, 2.24) is 25.6 Å². The highest BCUT2D eigenvalue weighted by Crippen LogP contribution is 1.92. The lowest BCUT2D eigenvalue weighted by Crippen LogP contribution is -2.47. The maximum Gasteiger partial charge on any atom is 0.326 e. The maximum absolute atomic E-state index is 11.3. The Morgan fingerprint density at radius 3 is 2.58 bits per heavy atom. The molecule has 1 atom stereocenters. The molecule has 0 spiro atoms. The molecule has 0 fully saturated rings. The molecular weight excluding hydrogens is 258 g/mol. The van der Waals surface area contributed by atoms with Crippen molar-refractivity contribution in [3.63, 3.8) is 0 Å². The smallest absolute Gasteiger partial charge is 0.326 e. The fourth-order valence-electron chi connectivity index (χ4n) is 1.22. The van der Waals surface area contributed by atoms with Crippen molar-refractivity contribution < 1.29 is 24.6 Å². The Bertz CT molecular complexity index is 446. The molecule has 1 aromatic rings. The third-order valence-corrected chi connectivity index (χ3v) is 2.08. The second kappa shape index (κ2) is 6.93. The van der Waals surface area contributed by atoms with E-state index < -0.39 is 30.4 Å². The summed E-state index contributed by atoms with van der Waals surface area (Å²) in [5.74, 6) is -2.72. The first-order valence-corrected chi connectivity index (χ1v) is 5.32. The van der Waals surface area contributed by atoms with Crippen molar-refractivity contribution in [2.75, 3.05) is 6.54 Å². The summed E-state index contributed by atoms with van der Waals surface area (Å²) in [6.45, 7) is 0.568. The first kappa shape index (κ1) is 14.4. The van der Waals surface area contributed by atoms with Crippen LogP contribution in [0.15, 0.2) is 12.4 Å². The molecule has 0 aliphatic heterocycles. The number of amides is 2. The average molecular weight is 271 g/mol. The fraction of sp³-hybridized carbons (Fsp3) is 0.444. The number of carbonyl (C=O) groups excluding carboxylic acids is 1. The normalized spacial score (nSPS) is 11.6. The number of rotatable bonds is 7. The van der Waals surface area contributed by atoms with E-state index in [2.05, 4.69) is 20.9 Å². The van der Waals surface area contributed by atoms with Crippen LogP contribution in [0, 0.1) is 0 Å². The van der Waals surface area contributed by atoms with Gasteiger partial charge in [0.05, 0.1) is 19.2 Å². The predicted molar refractivity (Wildman–Crippen MR) is 60.2 cm³/mol. The molecule has 104 valence electrons. The molecule has 4 N–H and O–H groups in total. The Hall–Kier alpha value is -2.65. The number of nitrogens with one attached hydrogen (secondary N) is 2. The third-order valence-electron chi connectivity index (χ3n) is 2.08. The molecule has 0 bridgehead atoms. The number of carboxylic acid groups (broad SMARTS) is 2. The Labute approximate surface area is 107 Å². The van der Waals surface area contributed by atoms with E-state index in [-0.39, 0.29) is 6.54 Å². The summed E-state index contributed by atoms with van der Waals surface area (Å²) in [4.78, 5) is 32.5. The number of aromatic nitrogens is 3. The number of hydrogen-bond acceptors (Lipinski definition) is 5. The molecule has 19 heavy (non-hydrogen) atoms. The van der Waals surface area contributed by atoms with Gasteiger partial charge in [0, 0.05) is 12.7 Å². The van der Waals surface area contributed by atoms with Crippen molar-refractivity contribution in [3.05, 3.63) is 12.4 Å². The van der Waals surface area contributed by atoms with Crippen molar-refractivity contribution in [2.45, 2.75) is 19.0 Å². The topological polar surface area (TPSA) is 146 Å². The minimum absolute atomic E-state index is 0.203. The molecule has 10 nitrogen and oxygen atoms in total. The fourth-order valence-corrected chi connectivity index (χ4v) is 1.22. The van der Waals surface area contributed by atoms with Crippen LogP contribution in [-0.2, 0) is 16.1 Å². The lowest BCUT2D eigenvalue weighted by atomic mass is 10.2. The molecule has 0 saturated carbocycles. The average Bonchev–Trinajstić information content (AvgIpc) is 2.80. The minimum atomic E-state index is -1.47. The first-order valence-electron chi connectivity index (χ1n) is 5.32. The zero-order chi connectivity index (χ0) is 14.3. The van der Waals surface area contributed by atoms with Crippen molar-refractivity contribution >= 4 is 18.0 Å². The molecule has 0 aliphatic carbocycles. The van der Waals surface area contributed by atoms with Crippen LogP contribution in [-0.4, -0.2) is 55.8 Å². The highest BCUT2D eigenvalue weighted by molar-refractivity contribution is 5.86. The standard InChI is InChI=1S/C9H13N5O5/c15-7(16)5-6(8(17)18)12-9(19)10-1-3-14-4-2-11-13-14/h2,4,6H,1,3,5H2,(H,15,16)(H,17,18)(H2,10,12,19)/t6-/m1/s1. The number of aliphatic carboxylic acids is 2. The van der Waals surface area contributed by atoms with E-state index in [1.807, 2.05) is 0 Å². The zero-order valence-electron chi connectivity index (χ0n) is 9.81. The number of carbonyl (C=O) groups is 3. The lowest BCUT2D eigenvalue weighted by molar-refractivity contribution is -0.145. The van der Waals surface area contributed by atoms with Gasteiger partial charge in [-0.05, 0) is 0 Å². The summed E-state index contributed by atoms with van der Waals surface area (Å²) in [5, 5.41) is 28.9. The Kier molecular flexibility index (Phi) is 5.26. The Morgan fingerprint density at radius 1 is 1.32 bits per heavy atom. The van der Waals surface area contributed by atoms with Gasteiger partial charge in [-0.25, -0.2) is 9.59 Å². The van der Waals surface area contributed by atoms with Crippen LogP contribution in [0.1, 0.15) is 6.42 Å². The number of urea groups is 1. The largest absolute Gasteiger partial charge is 0.481 e. The number of hydrogen-bond donors (Lipinski definition) is 4. The SMILES string of the molecule is O=C(O)C[C@@H](NC(=O)NCCn1ccnn1)C(=O)O. The van der Waals surface area contributed by atoms with Crippen LogP contribution < -0.4 is 10.6 Å². The van der Waals surface area contributed by atoms with E-state index in [0.29, 0.717) is 6.54 Å². The Balaban J connectivity index is 2.32. The van der Waals surface area contributed by atoms with Gasteiger partial charge in [0.15, 0.2) is 0 Å². The van der Waals surface area contributed by atoms with E-state index in [4.69, 9.17) is 10.2 Å². The molecule has 1 rings (SSSR count). The van der Waals surface area contributed by atoms with Crippen molar-refractivity contribution in [1.29, 1.82) is 0 Å². The summed E-state index contributed by atoms with van der Waals surface area (Å²) < 4.78 is 1.48. The van der Waals surface area contributed by atoms with Gasteiger partial charge in [-0.2, -0.15) is 0 Å². The molecule has 0 aromatic carbocycles. The van der Waals surface area contributed by atoms with Gasteiger partial charge in [0.25, 0.3) is 0 Å². The number of carboxylic acids is 2. The van der Waals surface area contributed by atoms with Crippen LogP contribution in [0.3, 0.4) is 0 Å². The lowest BCUT2D eigenvalue weighted by Gasteiger charge is -2.13. The van der Waals surface area contributed by atoms with Crippen LogP contribution in [0.2, 0.25) is 0 Å². The molecular formula is C9H13N5O5. The highest BCUT2D eigenvalue weighted by Gasteiger charge is 2.22. The van der Waals surface area contributed by atoms with Gasteiger partial charge < -0.3 is 20.8 Å². The van der Waals surface area contributed by atoms with E-state index in [1.165, 1.54) is 10.9 Å². The Morgan fingerprint density at radius 2 is 2.05 bits per heavy atom. The molecule has 0 unspecified atom stereocenters. The summed E-state index contributed by atoms with van der Waals surface area (Å²) in [6, 6.07) is -2.22. The van der Waals surface area contributed by atoms with Crippen LogP contribution in [0.4, 0.5) is 4.79 Å². The number of nitrogens with zero attached hydrogens (tertiary/aromatic N) is 3. The van der Waals surface area contributed by atoms with Crippen LogP contribution >= 0.6 is 0 Å². The van der Waals surface area contributed by atoms with Crippen LogP contribution in [0.25, 0.3) is 0 Å². The van der Waals surface area contributed by atoms with Crippen molar-refractivity contribution in [2.24, 2.45) is 0 Å². The van der Waals surface area contributed by atoms with Gasteiger partial charge in [0.2, 0.25) is 0 Å². The highest BCUT2D eigenvalue weighted by atomic mass is 16.4. The molecule has 1 heterocycles. The van der Waals surface area contributed by atoms with Gasteiger partial charge >= 0.3 is 18.0 Å². The second-order valence-electron chi connectivity index (χ2n) is 3.56. The summed E-state index contributed by atoms with van der Waals surface area (Å²) >= 11 is 0. The second-order valence-corrected chi connectivity index (χ2v) is 3.56. The summed E-state index contributed by atoms with van der Waals surface area (Å²) in [7, 11) is 0. The summed E-state index contributed by atoms with van der Waals surface area (Å²) in [6.07, 6.45) is 2.39. The quantitative estimate of drug-likeness (QED) is 0.472. The molecule has 2 amide bonds. The van der Waals surface area contributed by atoms with Gasteiger partial charge in [-0.1, -0.05) is 5.21 Å². The van der Waals surface area contributed by atoms with E-state index in [0.717, 1.165) is 0 Å². The van der Waals surface area contributed by atoms with Gasteiger partial charge in [-0.3, -0.25) is 9.48 Å². The molecule has 0 saturated heterocycles. The van der Waals surface area contributed by atoms with E-state index in [9.17, 15) is 14.4 Å². The van der Waals surface area contributed by atoms with Gasteiger partial charge in [0.1, 0.15) is 6.04 Å². The van der Waals surface area contributed by atoms with Gasteiger partial charge in [-0.15, -0.1) is 5.10 Å². The zero-order valence-corrected chi connectivity index (χ0v) is 9.81. The maximum atomic E-state index is 11.3. The molecule has 0 radical (unpaired) electrons. The molecule has 10 heteroatoms.